The molecule has 0 spiro atoms. The number of aromatic nitrogens is 1. The Balaban J connectivity index is 1.61. The number of thiazole rings is 1. The van der Waals surface area contributed by atoms with Gasteiger partial charge < -0.3 is 10.2 Å². The number of amides is 2. The predicted molar refractivity (Wildman–Crippen MR) is 81.8 cm³/mol. The van der Waals surface area contributed by atoms with Crippen LogP contribution in [-0.4, -0.2) is 34.3 Å². The van der Waals surface area contributed by atoms with Crippen LogP contribution in [0.5, 0.6) is 0 Å². The van der Waals surface area contributed by atoms with Gasteiger partial charge in [-0.3, -0.25) is 9.59 Å². The Morgan fingerprint density at radius 3 is 2.95 bits per heavy atom. The summed E-state index contributed by atoms with van der Waals surface area (Å²) in [4.78, 5) is 29.6. The van der Waals surface area contributed by atoms with Gasteiger partial charge in [0, 0.05) is 6.54 Å². The van der Waals surface area contributed by atoms with E-state index in [-0.39, 0.29) is 17.9 Å². The minimum Gasteiger partial charge on any atom is -0.348 e. The Bertz CT molecular complexity index is 677. The van der Waals surface area contributed by atoms with Crippen molar-refractivity contribution in [2.45, 2.75) is 19.0 Å². The second-order valence-electron chi connectivity index (χ2n) is 4.83. The Morgan fingerprint density at radius 1 is 1.48 bits per heavy atom. The first kappa shape index (κ1) is 13.8. The number of carbonyl (C=O) groups is 2. The highest BCUT2D eigenvalue weighted by molar-refractivity contribution is 7.18. The Hall–Kier alpha value is -2.21. The molecule has 2 heterocycles. The number of nitrogens with zero attached hydrogens (tertiary/aromatic N) is 2. The quantitative estimate of drug-likeness (QED) is 0.874. The molecule has 1 aromatic heterocycles. The maximum atomic E-state index is 12.1. The molecule has 1 aliphatic rings. The second-order valence-corrected chi connectivity index (χ2v) is 5.95. The van der Waals surface area contributed by atoms with Gasteiger partial charge in [-0.2, -0.15) is 0 Å². The molecule has 1 atom stereocenters. The topological polar surface area (TPSA) is 62.3 Å². The van der Waals surface area contributed by atoms with Crippen LogP contribution in [0.3, 0.4) is 0 Å². The molecular weight excluding hydrogens is 286 g/mol. The van der Waals surface area contributed by atoms with Gasteiger partial charge in [0.15, 0.2) is 0 Å². The van der Waals surface area contributed by atoms with Crippen LogP contribution in [0, 0.1) is 0 Å². The normalized spacial score (nSPS) is 17.3. The summed E-state index contributed by atoms with van der Waals surface area (Å²) in [5.74, 6) is -0.322. The maximum Gasteiger partial charge on any atom is 0.246 e. The van der Waals surface area contributed by atoms with Crippen molar-refractivity contribution >= 4 is 33.4 Å². The van der Waals surface area contributed by atoms with Gasteiger partial charge >= 0.3 is 0 Å². The number of hydrogen-bond acceptors (Lipinski definition) is 4. The van der Waals surface area contributed by atoms with Crippen LogP contribution in [0.4, 0.5) is 0 Å². The standard InChI is InChI=1S/C15H15N3O2S/c1-2-14(19)18-8-7-11(18)15(20)16-9-13-17-10-5-3-4-6-12(10)21-13/h2-6,11H,1,7-9H2,(H,16,20)/t11-/m1/s1. The molecule has 108 valence electrons. The Labute approximate surface area is 126 Å². The molecule has 3 rings (SSSR count). The van der Waals surface area contributed by atoms with Gasteiger partial charge in [-0.25, -0.2) is 4.98 Å². The van der Waals surface area contributed by atoms with Crippen molar-refractivity contribution in [2.75, 3.05) is 6.54 Å². The third kappa shape index (κ3) is 2.67. The Kier molecular flexibility index (Phi) is 3.70. The minimum atomic E-state index is -0.370. The Morgan fingerprint density at radius 2 is 2.29 bits per heavy atom. The highest BCUT2D eigenvalue weighted by Crippen LogP contribution is 2.22. The van der Waals surface area contributed by atoms with Gasteiger partial charge in [0.25, 0.3) is 0 Å². The van der Waals surface area contributed by atoms with Crippen LogP contribution >= 0.6 is 11.3 Å². The third-order valence-electron chi connectivity index (χ3n) is 3.53. The predicted octanol–water partition coefficient (Wildman–Crippen LogP) is 1.70. The molecule has 0 unspecified atom stereocenters. The lowest BCUT2D eigenvalue weighted by Crippen LogP contribution is -2.57. The fourth-order valence-corrected chi connectivity index (χ4v) is 3.22. The largest absolute Gasteiger partial charge is 0.348 e. The molecule has 0 aliphatic carbocycles. The zero-order valence-corrected chi connectivity index (χ0v) is 12.2. The smallest absolute Gasteiger partial charge is 0.246 e. The molecule has 1 fully saturated rings. The van der Waals surface area contributed by atoms with Crippen molar-refractivity contribution in [3.63, 3.8) is 0 Å². The summed E-state index contributed by atoms with van der Waals surface area (Å²) in [6.45, 7) is 4.45. The molecule has 0 radical (unpaired) electrons. The summed E-state index contributed by atoms with van der Waals surface area (Å²) in [6, 6.07) is 7.50. The van der Waals surface area contributed by atoms with Gasteiger partial charge in [0.1, 0.15) is 11.0 Å². The maximum absolute atomic E-state index is 12.1. The van der Waals surface area contributed by atoms with Crippen molar-refractivity contribution in [1.82, 2.24) is 15.2 Å². The molecule has 5 nitrogen and oxygen atoms in total. The lowest BCUT2D eigenvalue weighted by atomic mass is 10.0. The van der Waals surface area contributed by atoms with Crippen LogP contribution in [-0.2, 0) is 16.1 Å². The number of para-hydroxylation sites is 1. The van der Waals surface area contributed by atoms with E-state index in [1.807, 2.05) is 24.3 Å². The molecule has 0 saturated carbocycles. The third-order valence-corrected chi connectivity index (χ3v) is 4.57. The average molecular weight is 301 g/mol. The first-order valence-electron chi connectivity index (χ1n) is 6.74. The van der Waals surface area contributed by atoms with Gasteiger partial charge in [-0.05, 0) is 24.6 Å². The van der Waals surface area contributed by atoms with Crippen LogP contribution in [0.2, 0.25) is 0 Å². The van der Waals surface area contributed by atoms with Gasteiger partial charge in [0.2, 0.25) is 11.8 Å². The number of rotatable bonds is 4. The highest BCUT2D eigenvalue weighted by atomic mass is 32.1. The van der Waals surface area contributed by atoms with Crippen LogP contribution in [0.15, 0.2) is 36.9 Å². The summed E-state index contributed by atoms with van der Waals surface area (Å²) in [6.07, 6.45) is 1.94. The molecule has 1 aromatic carbocycles. The monoisotopic (exact) mass is 301 g/mol. The summed E-state index contributed by atoms with van der Waals surface area (Å²) in [5.41, 5.74) is 0.943. The van der Waals surface area contributed by atoms with E-state index in [0.29, 0.717) is 19.5 Å². The number of fused-ring (bicyclic) bond motifs is 1. The zero-order chi connectivity index (χ0) is 14.8. The lowest BCUT2D eigenvalue weighted by molar-refractivity contribution is -0.143. The van der Waals surface area contributed by atoms with E-state index in [1.54, 1.807) is 11.3 Å². The second kappa shape index (κ2) is 5.65. The van der Waals surface area contributed by atoms with Crippen molar-refractivity contribution in [3.8, 4) is 0 Å². The van der Waals surface area contributed by atoms with Crippen molar-refractivity contribution in [3.05, 3.63) is 41.9 Å². The van der Waals surface area contributed by atoms with Crippen molar-refractivity contribution < 1.29 is 9.59 Å². The van der Waals surface area contributed by atoms with E-state index in [0.717, 1.165) is 15.2 Å². The van der Waals surface area contributed by atoms with Crippen LogP contribution in [0.25, 0.3) is 10.2 Å². The van der Waals surface area contributed by atoms with E-state index in [4.69, 9.17) is 0 Å². The molecular formula is C15H15N3O2S. The van der Waals surface area contributed by atoms with Crippen LogP contribution < -0.4 is 5.32 Å². The zero-order valence-electron chi connectivity index (χ0n) is 11.4. The number of benzene rings is 1. The first-order valence-corrected chi connectivity index (χ1v) is 7.56. The molecule has 1 saturated heterocycles. The molecule has 2 amide bonds. The fourth-order valence-electron chi connectivity index (χ4n) is 2.32. The van der Waals surface area contributed by atoms with Crippen molar-refractivity contribution in [2.24, 2.45) is 0 Å². The summed E-state index contributed by atoms with van der Waals surface area (Å²) in [5, 5.41) is 3.72. The van der Waals surface area contributed by atoms with Gasteiger partial charge in [-0.15, -0.1) is 11.3 Å². The van der Waals surface area contributed by atoms with E-state index in [2.05, 4.69) is 16.9 Å². The fraction of sp³-hybridized carbons (Fsp3) is 0.267. The van der Waals surface area contributed by atoms with Gasteiger partial charge in [-0.1, -0.05) is 18.7 Å². The van der Waals surface area contributed by atoms with E-state index < -0.39 is 0 Å². The molecule has 1 aliphatic heterocycles. The first-order chi connectivity index (χ1) is 10.2. The van der Waals surface area contributed by atoms with E-state index >= 15 is 0 Å². The number of hydrogen-bond donors (Lipinski definition) is 1. The molecule has 6 heteroatoms. The molecule has 0 bridgehead atoms. The minimum absolute atomic E-state index is 0.129. The number of nitrogens with one attached hydrogen (secondary N) is 1. The summed E-state index contributed by atoms with van der Waals surface area (Å²) >= 11 is 1.57. The average Bonchev–Trinajstić information content (AvgIpc) is 2.86. The number of likely N-dealkylation sites (tertiary alicyclic amines) is 1. The summed E-state index contributed by atoms with van der Waals surface area (Å²) in [7, 11) is 0. The van der Waals surface area contributed by atoms with Crippen LogP contribution in [0.1, 0.15) is 11.4 Å². The SMILES string of the molecule is C=CC(=O)N1CC[C@@H]1C(=O)NCc1nc2ccccc2s1. The molecule has 2 aromatic rings. The summed E-state index contributed by atoms with van der Waals surface area (Å²) < 4.78 is 1.11. The molecule has 21 heavy (non-hydrogen) atoms. The molecule has 1 N–H and O–H groups in total. The van der Waals surface area contributed by atoms with E-state index in [9.17, 15) is 9.59 Å². The van der Waals surface area contributed by atoms with Gasteiger partial charge in [0.05, 0.1) is 16.8 Å². The van der Waals surface area contributed by atoms with Crippen molar-refractivity contribution in [1.29, 1.82) is 0 Å². The highest BCUT2D eigenvalue weighted by Gasteiger charge is 2.36. The number of carbonyl (C=O) groups excluding carboxylic acids is 2. The lowest BCUT2D eigenvalue weighted by Gasteiger charge is -2.38. The van der Waals surface area contributed by atoms with E-state index in [1.165, 1.54) is 11.0 Å².